The minimum atomic E-state index is -3.06. The third kappa shape index (κ3) is 3.16. The van der Waals surface area contributed by atoms with Crippen LogP contribution in [0.4, 0.5) is 5.82 Å². The lowest BCUT2D eigenvalue weighted by Gasteiger charge is -2.11. The van der Waals surface area contributed by atoms with Crippen LogP contribution in [-0.2, 0) is 9.84 Å². The van der Waals surface area contributed by atoms with Crippen molar-refractivity contribution in [2.24, 2.45) is 0 Å². The van der Waals surface area contributed by atoms with Crippen LogP contribution in [0.3, 0.4) is 0 Å². The van der Waals surface area contributed by atoms with Crippen LogP contribution in [0.1, 0.15) is 23.2 Å². The van der Waals surface area contributed by atoms with Crippen LogP contribution in [0.2, 0.25) is 5.02 Å². The maximum absolute atomic E-state index is 11.8. The van der Waals surface area contributed by atoms with Crippen LogP contribution < -0.4 is 11.1 Å². The fourth-order valence-corrected chi connectivity index (χ4v) is 3.90. The van der Waals surface area contributed by atoms with Crippen molar-refractivity contribution in [1.82, 2.24) is 10.3 Å². The summed E-state index contributed by atoms with van der Waals surface area (Å²) in [7, 11) is -3.06. The van der Waals surface area contributed by atoms with Crippen molar-refractivity contribution in [3.63, 3.8) is 0 Å². The van der Waals surface area contributed by atoms with Gasteiger partial charge in [-0.25, -0.2) is 13.4 Å². The van der Waals surface area contributed by atoms with Gasteiger partial charge in [-0.05, 0) is 18.9 Å². The van der Waals surface area contributed by atoms with E-state index in [9.17, 15) is 13.2 Å². The van der Waals surface area contributed by atoms with Gasteiger partial charge in [0.25, 0.3) is 5.91 Å². The molecule has 1 aromatic heterocycles. The monoisotopic (exact) mass is 303 g/mol. The fourth-order valence-electron chi connectivity index (χ4n) is 1.97. The topological polar surface area (TPSA) is 102 Å². The highest BCUT2D eigenvalue weighted by molar-refractivity contribution is 7.92. The number of rotatable bonds is 3. The first kappa shape index (κ1) is 14.1. The van der Waals surface area contributed by atoms with Gasteiger partial charge in [0, 0.05) is 12.7 Å². The van der Waals surface area contributed by atoms with E-state index in [1.165, 1.54) is 12.3 Å². The van der Waals surface area contributed by atoms with Crippen molar-refractivity contribution in [2.75, 3.05) is 18.0 Å². The second-order valence-corrected chi connectivity index (χ2v) is 7.24. The Hall–Kier alpha value is -1.34. The first-order valence-corrected chi connectivity index (χ1v) is 7.90. The van der Waals surface area contributed by atoms with Crippen LogP contribution in [0, 0.1) is 0 Å². The summed E-state index contributed by atoms with van der Waals surface area (Å²) in [5.41, 5.74) is 5.70. The fraction of sp³-hybridized carbons (Fsp3) is 0.455. The van der Waals surface area contributed by atoms with Crippen molar-refractivity contribution in [1.29, 1.82) is 0 Å². The first-order chi connectivity index (χ1) is 8.90. The number of hydrogen-bond donors (Lipinski definition) is 2. The highest BCUT2D eigenvalue weighted by Crippen LogP contribution is 2.20. The second kappa shape index (κ2) is 5.34. The molecule has 19 heavy (non-hydrogen) atoms. The van der Waals surface area contributed by atoms with E-state index >= 15 is 0 Å². The Morgan fingerprint density at radius 2 is 2.32 bits per heavy atom. The largest absolute Gasteiger partial charge is 0.382 e. The van der Waals surface area contributed by atoms with E-state index in [1.54, 1.807) is 0 Å². The molecule has 1 aromatic rings. The minimum Gasteiger partial charge on any atom is -0.382 e. The number of nitrogens with two attached hydrogens (primary N) is 1. The standard InChI is InChI=1S/C11H14ClN3O3S/c12-9-4-7(5-14-10(9)13)11(16)15-6-8-2-1-3-19(8,17)18/h4-5,8H,1-3,6H2,(H2,13,14)(H,15,16). The number of amides is 1. The molecule has 0 bridgehead atoms. The predicted octanol–water partition coefficient (Wildman–Crippen LogP) is 0.624. The molecule has 1 unspecified atom stereocenters. The van der Waals surface area contributed by atoms with Crippen LogP contribution in [0.5, 0.6) is 0 Å². The molecule has 1 aliphatic rings. The van der Waals surface area contributed by atoms with E-state index in [0.717, 1.165) is 0 Å². The third-order valence-electron chi connectivity index (χ3n) is 3.08. The molecule has 1 fully saturated rings. The number of sulfone groups is 1. The SMILES string of the molecule is Nc1ncc(C(=O)NCC2CCCS2(=O)=O)cc1Cl. The van der Waals surface area contributed by atoms with Gasteiger partial charge in [0.15, 0.2) is 9.84 Å². The summed E-state index contributed by atoms with van der Waals surface area (Å²) in [5, 5.41) is 2.29. The quantitative estimate of drug-likeness (QED) is 0.852. The molecule has 104 valence electrons. The van der Waals surface area contributed by atoms with E-state index in [-0.39, 0.29) is 28.7 Å². The second-order valence-electron chi connectivity index (χ2n) is 4.43. The Balaban J connectivity index is 2.00. The van der Waals surface area contributed by atoms with Crippen molar-refractivity contribution in [3.8, 4) is 0 Å². The number of aromatic nitrogens is 1. The van der Waals surface area contributed by atoms with E-state index < -0.39 is 21.0 Å². The molecule has 2 rings (SSSR count). The molecule has 1 aliphatic heterocycles. The number of nitrogen functional groups attached to an aromatic ring is 1. The molecular formula is C11H14ClN3O3S. The van der Waals surface area contributed by atoms with Gasteiger partial charge in [0.2, 0.25) is 0 Å². The van der Waals surface area contributed by atoms with Crippen molar-refractivity contribution < 1.29 is 13.2 Å². The maximum Gasteiger partial charge on any atom is 0.252 e. The Morgan fingerprint density at radius 3 is 2.89 bits per heavy atom. The van der Waals surface area contributed by atoms with Crippen LogP contribution in [0.25, 0.3) is 0 Å². The van der Waals surface area contributed by atoms with Gasteiger partial charge in [-0.1, -0.05) is 11.6 Å². The number of carbonyl (C=O) groups is 1. The molecular weight excluding hydrogens is 290 g/mol. The Bertz CT molecular complexity index is 603. The summed E-state index contributed by atoms with van der Waals surface area (Å²) in [5.74, 6) is -0.0592. The van der Waals surface area contributed by atoms with Gasteiger partial charge >= 0.3 is 0 Å². The number of carbonyl (C=O) groups excluding carboxylic acids is 1. The zero-order valence-corrected chi connectivity index (χ0v) is 11.7. The van der Waals surface area contributed by atoms with Crippen LogP contribution >= 0.6 is 11.6 Å². The lowest BCUT2D eigenvalue weighted by Crippen LogP contribution is -2.34. The van der Waals surface area contributed by atoms with Gasteiger partial charge in [-0.15, -0.1) is 0 Å². The molecule has 1 amide bonds. The zero-order chi connectivity index (χ0) is 14.0. The van der Waals surface area contributed by atoms with Crippen molar-refractivity contribution in [2.45, 2.75) is 18.1 Å². The predicted molar refractivity (Wildman–Crippen MR) is 72.8 cm³/mol. The van der Waals surface area contributed by atoms with Gasteiger partial charge in [0.1, 0.15) is 5.82 Å². The number of halogens is 1. The van der Waals surface area contributed by atoms with Crippen molar-refractivity contribution >= 4 is 33.2 Å². The Morgan fingerprint density at radius 1 is 1.58 bits per heavy atom. The lowest BCUT2D eigenvalue weighted by atomic mass is 10.2. The van der Waals surface area contributed by atoms with Crippen LogP contribution in [0.15, 0.2) is 12.3 Å². The average Bonchev–Trinajstić information content (AvgIpc) is 2.69. The molecule has 0 radical (unpaired) electrons. The summed E-state index contributed by atoms with van der Waals surface area (Å²) >= 11 is 5.77. The molecule has 0 saturated carbocycles. The molecule has 8 heteroatoms. The zero-order valence-electron chi connectivity index (χ0n) is 10.1. The molecule has 1 atom stereocenters. The average molecular weight is 304 g/mol. The van der Waals surface area contributed by atoms with Gasteiger partial charge in [0.05, 0.1) is 21.6 Å². The van der Waals surface area contributed by atoms with Crippen LogP contribution in [-0.4, -0.2) is 36.9 Å². The third-order valence-corrected chi connectivity index (χ3v) is 5.66. The summed E-state index contributed by atoms with van der Waals surface area (Å²) in [6.45, 7) is 0.114. The number of anilines is 1. The van der Waals surface area contributed by atoms with Gasteiger partial charge < -0.3 is 11.1 Å². The van der Waals surface area contributed by atoms with Gasteiger partial charge in [-0.2, -0.15) is 0 Å². The Labute approximate surface area is 116 Å². The summed E-state index contributed by atoms with van der Waals surface area (Å²) in [6.07, 6.45) is 2.54. The molecule has 0 spiro atoms. The molecule has 1 saturated heterocycles. The van der Waals surface area contributed by atoms with E-state index in [1.807, 2.05) is 0 Å². The number of hydrogen-bond acceptors (Lipinski definition) is 5. The molecule has 6 nitrogen and oxygen atoms in total. The molecule has 0 aliphatic carbocycles. The summed E-state index contributed by atoms with van der Waals surface area (Å²) < 4.78 is 23.2. The molecule has 3 N–H and O–H groups in total. The smallest absolute Gasteiger partial charge is 0.252 e. The highest BCUT2D eigenvalue weighted by Gasteiger charge is 2.31. The summed E-state index contributed by atoms with van der Waals surface area (Å²) in [4.78, 5) is 15.6. The number of nitrogens with one attached hydrogen (secondary N) is 1. The maximum atomic E-state index is 11.8. The number of pyridine rings is 1. The van der Waals surface area contributed by atoms with Crippen molar-refractivity contribution in [3.05, 3.63) is 22.8 Å². The highest BCUT2D eigenvalue weighted by atomic mass is 35.5. The summed E-state index contributed by atoms with van der Waals surface area (Å²) in [6, 6.07) is 1.41. The minimum absolute atomic E-state index is 0.114. The normalized spacial score (nSPS) is 21.2. The Kier molecular flexibility index (Phi) is 3.96. The van der Waals surface area contributed by atoms with E-state index in [2.05, 4.69) is 10.3 Å². The lowest BCUT2D eigenvalue weighted by molar-refractivity contribution is 0.0953. The first-order valence-electron chi connectivity index (χ1n) is 5.81. The number of nitrogens with zero attached hydrogens (tertiary/aromatic N) is 1. The van der Waals surface area contributed by atoms with E-state index in [4.69, 9.17) is 17.3 Å². The molecule has 2 heterocycles. The van der Waals surface area contributed by atoms with E-state index in [0.29, 0.717) is 12.8 Å². The molecule has 0 aromatic carbocycles. The van der Waals surface area contributed by atoms with Gasteiger partial charge in [-0.3, -0.25) is 4.79 Å².